The molecule has 0 unspecified atom stereocenters. The minimum absolute atomic E-state index is 1.02. The number of hydrogen-bond donors (Lipinski definition) is 0. The highest BCUT2D eigenvalue weighted by Crippen LogP contribution is 2.45. The topological polar surface area (TPSA) is 0 Å². The lowest BCUT2D eigenvalue weighted by atomic mass is 9.67. The van der Waals surface area contributed by atoms with E-state index in [-0.39, 0.29) is 0 Å². The van der Waals surface area contributed by atoms with Gasteiger partial charge in [-0.15, -0.1) is 0 Å². The monoisotopic (exact) mass is 386 g/mol. The molecule has 28 heavy (non-hydrogen) atoms. The lowest BCUT2D eigenvalue weighted by Gasteiger charge is -2.39. The molecular formula is C28H50. The summed E-state index contributed by atoms with van der Waals surface area (Å²) in [6.45, 7) is 4.93. The molecule has 0 atom stereocenters. The van der Waals surface area contributed by atoms with Crippen molar-refractivity contribution in [2.45, 2.75) is 129 Å². The Balaban J connectivity index is 1.10. The second-order valence-electron chi connectivity index (χ2n) is 12.3. The summed E-state index contributed by atoms with van der Waals surface area (Å²) in [6.07, 6.45) is 28.1. The Morgan fingerprint density at radius 2 is 0.607 bits per heavy atom. The van der Waals surface area contributed by atoms with Gasteiger partial charge in [-0.05, 0) is 85.9 Å². The second kappa shape index (κ2) is 10.3. The lowest BCUT2D eigenvalue weighted by molar-refractivity contribution is 0.129. The van der Waals surface area contributed by atoms with Crippen LogP contribution in [0.25, 0.3) is 0 Å². The fourth-order valence-electron chi connectivity index (χ4n) is 7.86. The van der Waals surface area contributed by atoms with Crippen LogP contribution >= 0.6 is 0 Å². The molecule has 0 aromatic carbocycles. The number of rotatable bonds is 5. The van der Waals surface area contributed by atoms with Crippen LogP contribution in [0.5, 0.6) is 0 Å². The van der Waals surface area contributed by atoms with Gasteiger partial charge in [0.15, 0.2) is 0 Å². The molecule has 0 aliphatic heterocycles. The minimum atomic E-state index is 1.02. The average Bonchev–Trinajstić information content (AvgIpc) is 2.72. The quantitative estimate of drug-likeness (QED) is 0.442. The normalized spacial score (nSPS) is 45.6. The maximum absolute atomic E-state index is 2.47. The molecule has 0 N–H and O–H groups in total. The Morgan fingerprint density at radius 3 is 1.00 bits per heavy atom. The molecule has 0 heterocycles. The Bertz CT molecular complexity index is 421. The van der Waals surface area contributed by atoms with Crippen LogP contribution in [-0.4, -0.2) is 0 Å². The molecule has 4 fully saturated rings. The SMILES string of the molecule is CC1CCC(CC2CCC(CC3CCC(C4CCC(C)CC4)CC3)CC2)CC1. The van der Waals surface area contributed by atoms with Gasteiger partial charge >= 0.3 is 0 Å². The largest absolute Gasteiger partial charge is 0.0625 e. The third-order valence-corrected chi connectivity index (χ3v) is 10.1. The molecule has 0 bridgehead atoms. The van der Waals surface area contributed by atoms with E-state index in [0.29, 0.717) is 0 Å². The van der Waals surface area contributed by atoms with Gasteiger partial charge in [-0.25, -0.2) is 0 Å². The van der Waals surface area contributed by atoms with Crippen molar-refractivity contribution >= 4 is 0 Å². The van der Waals surface area contributed by atoms with Gasteiger partial charge in [0.25, 0.3) is 0 Å². The molecule has 4 saturated carbocycles. The van der Waals surface area contributed by atoms with Gasteiger partial charge in [-0.1, -0.05) is 90.9 Å². The highest BCUT2D eigenvalue weighted by Gasteiger charge is 2.32. The first-order valence-corrected chi connectivity index (χ1v) is 13.7. The zero-order valence-electron chi connectivity index (χ0n) is 19.3. The van der Waals surface area contributed by atoms with Crippen molar-refractivity contribution in [1.29, 1.82) is 0 Å². The van der Waals surface area contributed by atoms with E-state index in [4.69, 9.17) is 0 Å². The maximum atomic E-state index is 2.47. The third kappa shape index (κ3) is 6.01. The molecule has 0 aromatic heterocycles. The van der Waals surface area contributed by atoms with Crippen LogP contribution in [0.4, 0.5) is 0 Å². The van der Waals surface area contributed by atoms with Gasteiger partial charge in [0.05, 0.1) is 0 Å². The van der Waals surface area contributed by atoms with Gasteiger partial charge in [-0.2, -0.15) is 0 Å². The van der Waals surface area contributed by atoms with E-state index in [9.17, 15) is 0 Å². The predicted molar refractivity (Wildman–Crippen MR) is 122 cm³/mol. The van der Waals surface area contributed by atoms with Gasteiger partial charge in [0, 0.05) is 0 Å². The van der Waals surface area contributed by atoms with Crippen LogP contribution in [0.3, 0.4) is 0 Å². The first-order chi connectivity index (χ1) is 13.7. The molecule has 0 nitrogen and oxygen atoms in total. The van der Waals surface area contributed by atoms with Gasteiger partial charge in [0.2, 0.25) is 0 Å². The Kier molecular flexibility index (Phi) is 7.85. The molecule has 4 aliphatic carbocycles. The van der Waals surface area contributed by atoms with Crippen LogP contribution in [0.2, 0.25) is 0 Å². The molecule has 0 heteroatoms. The van der Waals surface area contributed by atoms with Gasteiger partial charge < -0.3 is 0 Å². The summed E-state index contributed by atoms with van der Waals surface area (Å²) in [5.74, 6) is 8.64. The molecule has 0 saturated heterocycles. The number of hydrogen-bond acceptors (Lipinski definition) is 0. The van der Waals surface area contributed by atoms with Crippen LogP contribution in [0.1, 0.15) is 129 Å². The van der Waals surface area contributed by atoms with Gasteiger partial charge in [-0.3, -0.25) is 0 Å². The second-order valence-corrected chi connectivity index (χ2v) is 12.3. The summed E-state index contributed by atoms with van der Waals surface area (Å²) in [5, 5.41) is 0. The van der Waals surface area contributed by atoms with E-state index in [2.05, 4.69) is 13.8 Å². The first-order valence-electron chi connectivity index (χ1n) is 13.7. The summed E-state index contributed by atoms with van der Waals surface area (Å²) in [4.78, 5) is 0. The fraction of sp³-hybridized carbons (Fsp3) is 1.00. The minimum Gasteiger partial charge on any atom is -0.0625 e. The van der Waals surface area contributed by atoms with Crippen molar-refractivity contribution in [3.8, 4) is 0 Å². The smallest absolute Gasteiger partial charge is 0.0386 e. The Morgan fingerprint density at radius 1 is 0.357 bits per heavy atom. The van der Waals surface area contributed by atoms with Gasteiger partial charge in [0.1, 0.15) is 0 Å². The first kappa shape index (κ1) is 21.2. The van der Waals surface area contributed by atoms with Crippen molar-refractivity contribution in [3.05, 3.63) is 0 Å². The van der Waals surface area contributed by atoms with Crippen LogP contribution in [0, 0.1) is 47.3 Å². The van der Waals surface area contributed by atoms with E-state index in [1.54, 1.807) is 89.9 Å². The van der Waals surface area contributed by atoms with Crippen LogP contribution < -0.4 is 0 Å². The van der Waals surface area contributed by atoms with E-state index in [1.807, 2.05) is 0 Å². The van der Waals surface area contributed by atoms with Crippen molar-refractivity contribution in [2.75, 3.05) is 0 Å². The summed E-state index contributed by atoms with van der Waals surface area (Å²) in [7, 11) is 0. The molecular weight excluding hydrogens is 336 g/mol. The Hall–Kier alpha value is 0. The molecule has 0 aromatic rings. The Labute approximate surface area is 177 Å². The third-order valence-electron chi connectivity index (χ3n) is 10.1. The van der Waals surface area contributed by atoms with E-state index in [0.717, 1.165) is 47.3 Å². The summed E-state index contributed by atoms with van der Waals surface area (Å²) >= 11 is 0. The van der Waals surface area contributed by atoms with Crippen molar-refractivity contribution in [3.63, 3.8) is 0 Å². The molecule has 0 radical (unpaired) electrons. The average molecular weight is 387 g/mol. The zero-order valence-corrected chi connectivity index (χ0v) is 19.3. The highest BCUT2D eigenvalue weighted by atomic mass is 14.4. The van der Waals surface area contributed by atoms with Crippen molar-refractivity contribution in [1.82, 2.24) is 0 Å². The predicted octanol–water partition coefficient (Wildman–Crippen LogP) is 9.03. The van der Waals surface area contributed by atoms with E-state index < -0.39 is 0 Å². The molecule has 0 amide bonds. The molecule has 4 rings (SSSR count). The van der Waals surface area contributed by atoms with E-state index >= 15 is 0 Å². The van der Waals surface area contributed by atoms with Crippen LogP contribution in [-0.2, 0) is 0 Å². The molecule has 0 spiro atoms. The van der Waals surface area contributed by atoms with Crippen molar-refractivity contribution in [2.24, 2.45) is 47.3 Å². The van der Waals surface area contributed by atoms with Crippen LogP contribution in [0.15, 0.2) is 0 Å². The van der Waals surface area contributed by atoms with E-state index in [1.165, 1.54) is 25.7 Å². The standard InChI is InChI=1S/C28H50/c1-21-3-7-23(8-4-21)19-24-9-11-25(12-10-24)20-26-13-17-28(18-14-26)27-15-5-22(2)6-16-27/h21-28H,3-20H2,1-2H3. The summed E-state index contributed by atoms with van der Waals surface area (Å²) in [6, 6.07) is 0. The molecule has 4 aliphatic rings. The summed E-state index contributed by atoms with van der Waals surface area (Å²) < 4.78 is 0. The van der Waals surface area contributed by atoms with Crippen molar-refractivity contribution < 1.29 is 0 Å². The summed E-state index contributed by atoms with van der Waals surface area (Å²) in [5.41, 5.74) is 0. The maximum Gasteiger partial charge on any atom is -0.0386 e. The fourth-order valence-corrected chi connectivity index (χ4v) is 7.86. The highest BCUT2D eigenvalue weighted by molar-refractivity contribution is 4.84. The molecule has 162 valence electrons. The lowest BCUT2D eigenvalue weighted by Crippen LogP contribution is -2.27. The zero-order chi connectivity index (χ0) is 19.3.